The number of hydrogen-bond donors (Lipinski definition) is 0. The molecule has 0 radical (unpaired) electrons. The van der Waals surface area contributed by atoms with Crippen molar-refractivity contribution >= 4 is 5.91 Å². The van der Waals surface area contributed by atoms with Gasteiger partial charge in [-0.15, -0.1) is 0 Å². The average Bonchev–Trinajstić information content (AvgIpc) is 3.39. The van der Waals surface area contributed by atoms with E-state index in [4.69, 9.17) is 9.15 Å². The standard InChI is InChI=1S/C20H28N4O3/c25-20(17-14-19(27-16-17)15-22-10-12-26-13-11-22)24-8-2-1-4-18(24)5-9-23-7-3-6-21-23/h3,6-7,14,16,18H,1-2,4-5,8-13,15H2/t18-/m1/s1. The molecule has 2 aliphatic rings. The zero-order valence-electron chi connectivity index (χ0n) is 15.8. The van der Waals surface area contributed by atoms with E-state index in [-0.39, 0.29) is 11.9 Å². The number of aryl methyl sites for hydroxylation is 1. The predicted octanol–water partition coefficient (Wildman–Crippen LogP) is 2.39. The van der Waals surface area contributed by atoms with Crippen LogP contribution in [0.25, 0.3) is 0 Å². The lowest BCUT2D eigenvalue weighted by Crippen LogP contribution is -2.44. The molecule has 146 valence electrons. The Hall–Kier alpha value is -2.12. The third-order valence-corrected chi connectivity index (χ3v) is 5.52. The molecule has 7 nitrogen and oxygen atoms in total. The SMILES string of the molecule is O=C(c1coc(CN2CCOCC2)c1)N1CCCC[C@@H]1CCn1cccn1. The van der Waals surface area contributed by atoms with Crippen LogP contribution in [-0.4, -0.2) is 64.4 Å². The van der Waals surface area contributed by atoms with Crippen molar-refractivity contribution in [2.45, 2.75) is 44.8 Å². The van der Waals surface area contributed by atoms with Crippen LogP contribution in [0.15, 0.2) is 35.2 Å². The van der Waals surface area contributed by atoms with Gasteiger partial charge in [0.2, 0.25) is 0 Å². The van der Waals surface area contributed by atoms with Crippen molar-refractivity contribution in [1.29, 1.82) is 0 Å². The van der Waals surface area contributed by atoms with Crippen molar-refractivity contribution in [2.75, 3.05) is 32.8 Å². The van der Waals surface area contributed by atoms with E-state index < -0.39 is 0 Å². The molecule has 1 amide bonds. The number of likely N-dealkylation sites (tertiary alicyclic amines) is 1. The fourth-order valence-electron chi connectivity index (χ4n) is 4.00. The first-order chi connectivity index (χ1) is 13.3. The van der Waals surface area contributed by atoms with Gasteiger partial charge in [-0.25, -0.2) is 0 Å². The molecule has 2 aliphatic heterocycles. The summed E-state index contributed by atoms with van der Waals surface area (Å²) in [6.45, 7) is 5.74. The van der Waals surface area contributed by atoms with E-state index in [9.17, 15) is 4.79 Å². The van der Waals surface area contributed by atoms with Gasteiger partial charge in [0.05, 0.1) is 25.3 Å². The van der Waals surface area contributed by atoms with E-state index in [2.05, 4.69) is 10.00 Å². The summed E-state index contributed by atoms with van der Waals surface area (Å²) < 4.78 is 13.0. The first-order valence-corrected chi connectivity index (χ1v) is 9.95. The van der Waals surface area contributed by atoms with Crippen LogP contribution in [0.3, 0.4) is 0 Å². The van der Waals surface area contributed by atoms with E-state index in [0.717, 1.165) is 71.0 Å². The lowest BCUT2D eigenvalue weighted by molar-refractivity contribution is 0.0313. The number of hydrogen-bond acceptors (Lipinski definition) is 5. The molecule has 0 bridgehead atoms. The monoisotopic (exact) mass is 372 g/mol. The molecule has 7 heteroatoms. The Balaban J connectivity index is 1.37. The van der Waals surface area contributed by atoms with Gasteiger partial charge in [-0.2, -0.15) is 5.10 Å². The highest BCUT2D eigenvalue weighted by atomic mass is 16.5. The molecule has 1 atom stereocenters. The van der Waals surface area contributed by atoms with Crippen molar-refractivity contribution in [1.82, 2.24) is 19.6 Å². The molecule has 0 aromatic carbocycles. The minimum Gasteiger partial charge on any atom is -0.467 e. The Labute approximate surface area is 159 Å². The molecule has 2 aromatic rings. The van der Waals surface area contributed by atoms with Crippen LogP contribution in [-0.2, 0) is 17.8 Å². The number of ether oxygens (including phenoxy) is 1. The smallest absolute Gasteiger partial charge is 0.257 e. The highest BCUT2D eigenvalue weighted by Crippen LogP contribution is 2.23. The summed E-state index contributed by atoms with van der Waals surface area (Å²) in [6.07, 6.45) is 9.65. The first-order valence-electron chi connectivity index (χ1n) is 9.95. The quantitative estimate of drug-likeness (QED) is 0.779. The summed E-state index contributed by atoms with van der Waals surface area (Å²) in [5.74, 6) is 0.947. The second kappa shape index (κ2) is 8.71. The molecule has 0 N–H and O–H groups in total. The molecule has 2 saturated heterocycles. The van der Waals surface area contributed by atoms with Crippen LogP contribution in [0.5, 0.6) is 0 Å². The summed E-state index contributed by atoms with van der Waals surface area (Å²) >= 11 is 0. The molecule has 4 rings (SSSR count). The van der Waals surface area contributed by atoms with Crippen LogP contribution in [0.4, 0.5) is 0 Å². The second-order valence-corrected chi connectivity index (χ2v) is 7.40. The number of furan rings is 1. The van der Waals surface area contributed by atoms with Gasteiger partial charge in [-0.05, 0) is 37.8 Å². The largest absolute Gasteiger partial charge is 0.467 e. The number of rotatable bonds is 6. The first kappa shape index (κ1) is 18.3. The van der Waals surface area contributed by atoms with Gasteiger partial charge in [0, 0.05) is 44.6 Å². The lowest BCUT2D eigenvalue weighted by Gasteiger charge is -2.35. The zero-order chi connectivity index (χ0) is 18.5. The predicted molar refractivity (Wildman–Crippen MR) is 100 cm³/mol. The maximum Gasteiger partial charge on any atom is 0.257 e. The fourth-order valence-corrected chi connectivity index (χ4v) is 4.00. The molecular formula is C20H28N4O3. The Morgan fingerprint density at radius 2 is 2.11 bits per heavy atom. The summed E-state index contributed by atoms with van der Waals surface area (Å²) in [4.78, 5) is 17.4. The van der Waals surface area contributed by atoms with Crippen molar-refractivity contribution in [3.05, 3.63) is 42.1 Å². The van der Waals surface area contributed by atoms with Gasteiger partial charge in [0.25, 0.3) is 5.91 Å². The lowest BCUT2D eigenvalue weighted by atomic mass is 9.98. The van der Waals surface area contributed by atoms with E-state index in [1.165, 1.54) is 6.42 Å². The van der Waals surface area contributed by atoms with E-state index in [1.807, 2.05) is 27.9 Å². The molecule has 0 unspecified atom stereocenters. The number of carbonyl (C=O) groups excluding carboxylic acids is 1. The van der Waals surface area contributed by atoms with E-state index in [0.29, 0.717) is 5.56 Å². The maximum atomic E-state index is 13.1. The number of morpholine rings is 1. The maximum absolute atomic E-state index is 13.1. The molecule has 0 saturated carbocycles. The average molecular weight is 372 g/mol. The number of piperidine rings is 1. The number of carbonyl (C=O) groups is 1. The van der Waals surface area contributed by atoms with E-state index >= 15 is 0 Å². The van der Waals surface area contributed by atoms with Crippen molar-refractivity contribution < 1.29 is 13.9 Å². The highest BCUT2D eigenvalue weighted by Gasteiger charge is 2.28. The molecule has 27 heavy (non-hydrogen) atoms. The minimum atomic E-state index is 0.0946. The van der Waals surface area contributed by atoms with Crippen LogP contribution in [0.1, 0.15) is 41.8 Å². The number of amides is 1. The van der Waals surface area contributed by atoms with Gasteiger partial charge >= 0.3 is 0 Å². The molecule has 2 aromatic heterocycles. The van der Waals surface area contributed by atoms with Gasteiger partial charge in [-0.1, -0.05) is 0 Å². The Bertz CT molecular complexity index is 721. The van der Waals surface area contributed by atoms with Crippen LogP contribution < -0.4 is 0 Å². The number of nitrogens with zero attached hydrogens (tertiary/aromatic N) is 4. The van der Waals surface area contributed by atoms with Crippen LogP contribution in [0, 0.1) is 0 Å². The summed E-state index contributed by atoms with van der Waals surface area (Å²) in [5, 5.41) is 4.27. The van der Waals surface area contributed by atoms with Crippen LogP contribution in [0.2, 0.25) is 0 Å². The summed E-state index contributed by atoms with van der Waals surface area (Å²) in [7, 11) is 0. The Morgan fingerprint density at radius 3 is 2.93 bits per heavy atom. The highest BCUT2D eigenvalue weighted by molar-refractivity contribution is 5.94. The third kappa shape index (κ3) is 4.59. The van der Waals surface area contributed by atoms with Crippen molar-refractivity contribution in [3.8, 4) is 0 Å². The zero-order valence-corrected chi connectivity index (χ0v) is 15.8. The van der Waals surface area contributed by atoms with Crippen molar-refractivity contribution in [3.63, 3.8) is 0 Å². The van der Waals surface area contributed by atoms with Gasteiger partial charge in [0.1, 0.15) is 12.0 Å². The summed E-state index contributed by atoms with van der Waals surface area (Å²) in [6, 6.07) is 4.12. The normalized spacial score (nSPS) is 21.5. The summed E-state index contributed by atoms with van der Waals surface area (Å²) in [5.41, 5.74) is 0.671. The van der Waals surface area contributed by atoms with E-state index in [1.54, 1.807) is 12.5 Å². The fraction of sp³-hybridized carbons (Fsp3) is 0.600. The second-order valence-electron chi connectivity index (χ2n) is 7.40. The number of aromatic nitrogens is 2. The molecule has 0 spiro atoms. The third-order valence-electron chi connectivity index (χ3n) is 5.52. The molecule has 4 heterocycles. The molecule has 2 fully saturated rings. The van der Waals surface area contributed by atoms with Gasteiger partial charge in [-0.3, -0.25) is 14.4 Å². The topological polar surface area (TPSA) is 63.7 Å². The minimum absolute atomic E-state index is 0.0946. The van der Waals surface area contributed by atoms with Gasteiger partial charge < -0.3 is 14.1 Å². The van der Waals surface area contributed by atoms with Gasteiger partial charge in [0.15, 0.2) is 0 Å². The molecule has 0 aliphatic carbocycles. The Kier molecular flexibility index (Phi) is 5.89. The Morgan fingerprint density at radius 1 is 1.22 bits per heavy atom. The molecular weight excluding hydrogens is 344 g/mol. The van der Waals surface area contributed by atoms with Crippen molar-refractivity contribution in [2.24, 2.45) is 0 Å². The van der Waals surface area contributed by atoms with Crippen LogP contribution >= 0.6 is 0 Å².